The number of halogens is 2. The van der Waals surface area contributed by atoms with Gasteiger partial charge in [-0.2, -0.15) is 4.31 Å². The number of carboxylic acids is 1. The van der Waals surface area contributed by atoms with Crippen molar-refractivity contribution < 1.29 is 18.3 Å². The van der Waals surface area contributed by atoms with E-state index < -0.39 is 21.9 Å². The summed E-state index contributed by atoms with van der Waals surface area (Å²) in [4.78, 5) is 11.2. The number of benzene rings is 1. The highest BCUT2D eigenvalue weighted by Crippen LogP contribution is 2.31. The molecule has 0 bridgehead atoms. The Kier molecular flexibility index (Phi) is 4.97. The smallest absolute Gasteiger partial charge is 0.307 e. The van der Waals surface area contributed by atoms with Crippen molar-refractivity contribution in [3.05, 3.63) is 27.7 Å². The van der Waals surface area contributed by atoms with E-state index in [1.165, 1.54) is 16.4 Å². The molecule has 1 heterocycles. The van der Waals surface area contributed by atoms with Crippen LogP contribution in [0.3, 0.4) is 0 Å². The van der Waals surface area contributed by atoms with Gasteiger partial charge in [0.05, 0.1) is 15.8 Å². The Morgan fingerprint density at radius 3 is 2.67 bits per heavy atom. The maximum Gasteiger partial charge on any atom is 0.307 e. The number of rotatable bonds is 3. The fraction of sp³-hybridized carbons (Fsp3) is 0.462. The highest BCUT2D eigenvalue weighted by Gasteiger charge is 2.37. The molecule has 1 saturated heterocycles. The Bertz CT molecular complexity index is 664. The molecule has 0 aliphatic carbocycles. The van der Waals surface area contributed by atoms with Crippen molar-refractivity contribution in [2.24, 2.45) is 5.92 Å². The first-order valence-electron chi connectivity index (χ1n) is 6.43. The number of hydrogen-bond donors (Lipinski definition) is 1. The average molecular weight is 397 g/mol. The van der Waals surface area contributed by atoms with Gasteiger partial charge < -0.3 is 5.11 Å². The third-order valence-electron chi connectivity index (χ3n) is 3.67. The third-order valence-corrected chi connectivity index (χ3v) is 6.88. The minimum absolute atomic E-state index is 0.00742. The third kappa shape index (κ3) is 3.41. The van der Waals surface area contributed by atoms with Crippen molar-refractivity contribution in [2.75, 3.05) is 6.54 Å². The summed E-state index contributed by atoms with van der Waals surface area (Å²) >= 11 is 9.16. The van der Waals surface area contributed by atoms with Crippen molar-refractivity contribution in [3.8, 4) is 0 Å². The first kappa shape index (κ1) is 16.7. The summed E-state index contributed by atoms with van der Waals surface area (Å²) in [6.07, 6.45) is 1.02. The zero-order valence-corrected chi connectivity index (χ0v) is 14.4. The van der Waals surface area contributed by atoms with Gasteiger partial charge in [0.2, 0.25) is 10.0 Å². The molecule has 21 heavy (non-hydrogen) atoms. The fourth-order valence-electron chi connectivity index (χ4n) is 2.38. The second kappa shape index (κ2) is 6.24. The lowest BCUT2D eigenvalue weighted by Gasteiger charge is -2.35. The summed E-state index contributed by atoms with van der Waals surface area (Å²) < 4.78 is 27.2. The highest BCUT2D eigenvalue weighted by molar-refractivity contribution is 9.10. The summed E-state index contributed by atoms with van der Waals surface area (Å²) in [5.41, 5.74) is 0. The molecule has 2 unspecified atom stereocenters. The zero-order valence-electron chi connectivity index (χ0n) is 11.3. The largest absolute Gasteiger partial charge is 0.481 e. The second-order valence-electron chi connectivity index (χ2n) is 5.11. The Balaban J connectivity index is 2.36. The molecule has 0 saturated carbocycles. The van der Waals surface area contributed by atoms with E-state index in [9.17, 15) is 13.2 Å². The van der Waals surface area contributed by atoms with Crippen LogP contribution in [0.5, 0.6) is 0 Å². The molecule has 1 aromatic carbocycles. The van der Waals surface area contributed by atoms with Gasteiger partial charge in [-0.25, -0.2) is 8.42 Å². The highest BCUT2D eigenvalue weighted by atomic mass is 79.9. The molecule has 1 aliphatic rings. The molecule has 1 N–H and O–H groups in total. The van der Waals surface area contributed by atoms with E-state index in [1.54, 1.807) is 13.0 Å². The van der Waals surface area contributed by atoms with Gasteiger partial charge in [0.15, 0.2) is 0 Å². The van der Waals surface area contributed by atoms with Gasteiger partial charge in [-0.3, -0.25) is 4.79 Å². The Labute approximate surface area is 137 Å². The summed E-state index contributed by atoms with van der Waals surface area (Å²) in [5.74, 6) is -1.63. The van der Waals surface area contributed by atoms with Crippen LogP contribution in [0.1, 0.15) is 19.8 Å². The van der Waals surface area contributed by atoms with Crippen LogP contribution in [0, 0.1) is 5.92 Å². The van der Waals surface area contributed by atoms with Crippen molar-refractivity contribution >= 4 is 43.5 Å². The first-order chi connectivity index (χ1) is 9.73. The van der Waals surface area contributed by atoms with E-state index in [1.807, 2.05) is 0 Å². The zero-order chi connectivity index (χ0) is 15.8. The lowest BCUT2D eigenvalue weighted by molar-refractivity contribution is -0.143. The number of hydrogen-bond acceptors (Lipinski definition) is 3. The molecule has 0 amide bonds. The van der Waals surface area contributed by atoms with Gasteiger partial charge in [0.25, 0.3) is 0 Å². The molecule has 1 aliphatic heterocycles. The lowest BCUT2D eigenvalue weighted by atomic mass is 9.96. The van der Waals surface area contributed by atoms with Crippen LogP contribution in [0.15, 0.2) is 27.6 Å². The molecule has 116 valence electrons. The van der Waals surface area contributed by atoms with E-state index in [0.29, 0.717) is 22.3 Å². The molecule has 1 aromatic rings. The Hall–Kier alpha value is -0.630. The SMILES string of the molecule is CC1CCC(C(=O)O)CN1S(=O)(=O)c1ccc(Br)c(Cl)c1. The van der Waals surface area contributed by atoms with Crippen LogP contribution >= 0.6 is 27.5 Å². The summed E-state index contributed by atoms with van der Waals surface area (Å²) in [6, 6.07) is 4.17. The minimum atomic E-state index is -3.75. The molecule has 0 radical (unpaired) electrons. The number of nitrogens with zero attached hydrogens (tertiary/aromatic N) is 1. The van der Waals surface area contributed by atoms with Gasteiger partial charge in [0.1, 0.15) is 0 Å². The van der Waals surface area contributed by atoms with Gasteiger partial charge in [-0.1, -0.05) is 11.6 Å². The number of carboxylic acid groups (broad SMARTS) is 1. The Morgan fingerprint density at radius 1 is 1.43 bits per heavy atom. The second-order valence-corrected chi connectivity index (χ2v) is 8.26. The number of sulfonamides is 1. The Morgan fingerprint density at radius 2 is 2.10 bits per heavy atom. The van der Waals surface area contributed by atoms with Gasteiger partial charge in [-0.15, -0.1) is 0 Å². The number of aliphatic carboxylic acids is 1. The van der Waals surface area contributed by atoms with Crippen molar-refractivity contribution in [1.82, 2.24) is 4.31 Å². The van der Waals surface area contributed by atoms with Crippen molar-refractivity contribution in [2.45, 2.75) is 30.7 Å². The van der Waals surface area contributed by atoms with Gasteiger partial charge in [0, 0.05) is 17.1 Å². The normalized spacial score (nSPS) is 24.0. The molecule has 2 atom stereocenters. The standard InChI is InChI=1S/C13H15BrClNO4S/c1-8-2-3-9(13(17)18)7-16(8)21(19,20)10-4-5-11(14)12(15)6-10/h4-6,8-9H,2-3,7H2,1H3,(H,17,18). The monoisotopic (exact) mass is 395 g/mol. The number of piperidine rings is 1. The van der Waals surface area contributed by atoms with Crippen LogP contribution in [0.2, 0.25) is 5.02 Å². The topological polar surface area (TPSA) is 74.7 Å². The van der Waals surface area contributed by atoms with Crippen LogP contribution in [-0.4, -0.2) is 36.4 Å². The maximum absolute atomic E-state index is 12.7. The molecule has 1 fully saturated rings. The quantitative estimate of drug-likeness (QED) is 0.852. The van der Waals surface area contributed by atoms with Gasteiger partial charge in [-0.05, 0) is 53.9 Å². The van der Waals surface area contributed by atoms with Crippen LogP contribution < -0.4 is 0 Å². The molecule has 5 nitrogen and oxygen atoms in total. The molecular formula is C13H15BrClNO4S. The van der Waals surface area contributed by atoms with Crippen molar-refractivity contribution in [1.29, 1.82) is 0 Å². The van der Waals surface area contributed by atoms with E-state index in [2.05, 4.69) is 15.9 Å². The summed E-state index contributed by atoms with van der Waals surface area (Å²) in [6.45, 7) is 1.78. The van der Waals surface area contributed by atoms with E-state index in [4.69, 9.17) is 16.7 Å². The predicted octanol–water partition coefficient (Wildman–Crippen LogP) is 2.98. The number of carbonyl (C=O) groups is 1. The molecule has 0 aromatic heterocycles. The maximum atomic E-state index is 12.7. The van der Waals surface area contributed by atoms with Crippen LogP contribution in [0.4, 0.5) is 0 Å². The first-order valence-corrected chi connectivity index (χ1v) is 9.04. The average Bonchev–Trinajstić information content (AvgIpc) is 2.41. The van der Waals surface area contributed by atoms with Crippen LogP contribution in [-0.2, 0) is 14.8 Å². The molecular weight excluding hydrogens is 382 g/mol. The van der Waals surface area contributed by atoms with E-state index in [0.717, 1.165) is 0 Å². The molecule has 8 heteroatoms. The molecule has 2 rings (SSSR count). The fourth-order valence-corrected chi connectivity index (χ4v) is 4.61. The molecule has 0 spiro atoms. The van der Waals surface area contributed by atoms with Crippen LogP contribution in [0.25, 0.3) is 0 Å². The van der Waals surface area contributed by atoms with E-state index >= 15 is 0 Å². The summed E-state index contributed by atoms with van der Waals surface area (Å²) in [5, 5.41) is 9.41. The van der Waals surface area contributed by atoms with Crippen molar-refractivity contribution in [3.63, 3.8) is 0 Å². The lowest BCUT2D eigenvalue weighted by Crippen LogP contribution is -2.47. The van der Waals surface area contributed by atoms with E-state index in [-0.39, 0.29) is 17.5 Å². The predicted molar refractivity (Wildman–Crippen MR) is 82.9 cm³/mol. The van der Waals surface area contributed by atoms with Gasteiger partial charge >= 0.3 is 5.97 Å². The minimum Gasteiger partial charge on any atom is -0.481 e. The summed E-state index contributed by atoms with van der Waals surface area (Å²) in [7, 11) is -3.75.